The zero-order chi connectivity index (χ0) is 3.58. The van der Waals surface area contributed by atoms with E-state index in [9.17, 15) is 0 Å². The smallest absolute Gasteiger partial charge is 0.550 e. The second-order valence-corrected chi connectivity index (χ2v) is 0.492. The third kappa shape index (κ3) is 107. The van der Waals surface area contributed by atoms with Crippen LogP contribution in [0.2, 0.25) is 0 Å². The second kappa shape index (κ2) is 9.26. The molecule has 0 atom stereocenters. The van der Waals surface area contributed by atoms with Gasteiger partial charge in [0.25, 0.3) is 0 Å². The summed E-state index contributed by atoms with van der Waals surface area (Å²) in [6.07, 6.45) is 0. The van der Waals surface area contributed by atoms with Crippen LogP contribution in [0.1, 0.15) is 6.92 Å². The first-order valence-corrected chi connectivity index (χ1v) is 0.908. The predicted molar refractivity (Wildman–Crippen MR) is 14.3 cm³/mol. The van der Waals surface area contributed by atoms with Crippen molar-refractivity contribution in [3.8, 4) is 0 Å². The molecule has 4 heteroatoms. The van der Waals surface area contributed by atoms with Gasteiger partial charge in [-0.25, -0.2) is 0 Å². The fourth-order valence-electron chi connectivity index (χ4n) is 0. The van der Waals surface area contributed by atoms with Gasteiger partial charge in [0, 0.05) is 5.97 Å². The van der Waals surface area contributed by atoms with Crippen LogP contribution in [0.4, 0.5) is 0 Å². The van der Waals surface area contributed by atoms with Crippen molar-refractivity contribution in [3.05, 3.63) is 0 Å². The second-order valence-electron chi connectivity index (χ2n) is 0.492. The molecule has 1 radical (unpaired) electrons. The maximum Gasteiger partial charge on any atom is 3.00 e. The van der Waals surface area contributed by atoms with Gasteiger partial charge in [0.15, 0.2) is 0 Å². The predicted octanol–water partition coefficient (Wildman–Crippen LogP) is -2.07. The van der Waals surface area contributed by atoms with Crippen molar-refractivity contribution in [2.24, 2.45) is 0 Å². The monoisotopic (exact) mass is 217 g/mol. The van der Waals surface area contributed by atoms with Gasteiger partial charge in [-0.1, -0.05) is 0 Å². The van der Waals surface area contributed by atoms with Crippen LogP contribution in [0.3, 0.4) is 0 Å². The summed E-state index contributed by atoms with van der Waals surface area (Å²) in [5.41, 5.74) is 0. The zero-order valence-electron chi connectivity index (χ0n) is 3.32. The Morgan fingerprint density at radius 3 is 1.67 bits per heavy atom. The van der Waals surface area contributed by atoms with Crippen LogP contribution in [0.15, 0.2) is 0 Å². The van der Waals surface area contributed by atoms with Crippen molar-refractivity contribution < 1.29 is 57.1 Å². The third-order valence-electron chi connectivity index (χ3n) is 0. The molecule has 0 aromatic rings. The van der Waals surface area contributed by atoms with E-state index in [-0.39, 0.29) is 47.2 Å². The number of carboxylic acids is 1. The van der Waals surface area contributed by atoms with E-state index in [4.69, 9.17) is 9.90 Å². The summed E-state index contributed by atoms with van der Waals surface area (Å²) in [5.74, 6) is -1.08. The first kappa shape index (κ1) is 15.8. The summed E-state index contributed by atoms with van der Waals surface area (Å²) in [7, 11) is 0. The molecular weight excluding hydrogens is 212 g/mol. The van der Waals surface area contributed by atoms with E-state index in [0.29, 0.717) is 0 Å². The maximum atomic E-state index is 8.89. The molecule has 0 aromatic heterocycles. The number of rotatable bonds is 0. The van der Waals surface area contributed by atoms with Crippen LogP contribution >= 0.6 is 0 Å². The average molecular weight is 217 g/mol. The van der Waals surface area contributed by atoms with Crippen LogP contribution in [0, 0.1) is 41.7 Å². The van der Waals surface area contributed by atoms with E-state index in [1.165, 1.54) is 0 Å². The third-order valence-corrected chi connectivity index (χ3v) is 0. The van der Waals surface area contributed by atoms with Crippen LogP contribution in [0.25, 0.3) is 0 Å². The van der Waals surface area contributed by atoms with Crippen LogP contribution in [-0.2, 0) is 4.79 Å². The van der Waals surface area contributed by atoms with Gasteiger partial charge in [-0.2, -0.15) is 0 Å². The summed E-state index contributed by atoms with van der Waals surface area (Å²) < 4.78 is 0. The van der Waals surface area contributed by atoms with Crippen LogP contribution in [-0.4, -0.2) is 11.4 Å². The summed E-state index contributed by atoms with van der Waals surface area (Å²) in [6, 6.07) is 0. The Morgan fingerprint density at radius 1 is 1.67 bits per heavy atom. The molecule has 0 aliphatic rings. The molecule has 0 aliphatic carbocycles. The SMILES string of the molecule is CC(=O)[O-].O.[Ce+3]. The number of carboxylic acid groups (broad SMARTS) is 1. The first-order valence-electron chi connectivity index (χ1n) is 0.908. The van der Waals surface area contributed by atoms with Gasteiger partial charge in [0.2, 0.25) is 0 Å². The maximum absolute atomic E-state index is 8.89. The quantitative estimate of drug-likeness (QED) is 0.467. The Morgan fingerprint density at radius 2 is 1.67 bits per heavy atom. The Labute approximate surface area is 69.4 Å². The van der Waals surface area contributed by atoms with Crippen molar-refractivity contribution >= 4 is 5.97 Å². The fourth-order valence-corrected chi connectivity index (χ4v) is 0. The normalized spacial score (nSPS) is 4.17. The van der Waals surface area contributed by atoms with Crippen LogP contribution < -0.4 is 5.11 Å². The minimum Gasteiger partial charge on any atom is -0.550 e. The van der Waals surface area contributed by atoms with Gasteiger partial charge in [-0.05, 0) is 6.92 Å². The molecule has 0 aromatic carbocycles. The Bertz CT molecular complexity index is 31.8. The molecule has 33 valence electrons. The Balaban J connectivity index is -0.0000000450. The topological polar surface area (TPSA) is 71.6 Å². The van der Waals surface area contributed by atoms with Gasteiger partial charge in [0.1, 0.15) is 0 Å². The first-order chi connectivity index (χ1) is 1.73. The van der Waals surface area contributed by atoms with E-state index in [0.717, 1.165) is 6.92 Å². The molecule has 0 spiro atoms. The molecular formula is C2H5CeO3+2. The standard InChI is InChI=1S/C2H4O2.Ce.H2O/c1-2(3)4;;/h1H3,(H,3,4);;1H2/q;+3;/p-1. The number of carbonyl (C=O) groups is 1. The van der Waals surface area contributed by atoms with E-state index >= 15 is 0 Å². The Kier molecular flexibility index (Phi) is 24.4. The van der Waals surface area contributed by atoms with Crippen molar-refractivity contribution in [3.63, 3.8) is 0 Å². The van der Waals surface area contributed by atoms with Crippen LogP contribution in [0.5, 0.6) is 0 Å². The molecule has 0 rings (SSSR count). The van der Waals surface area contributed by atoms with Crippen molar-refractivity contribution in [2.45, 2.75) is 6.92 Å². The molecule has 6 heavy (non-hydrogen) atoms. The van der Waals surface area contributed by atoms with E-state index in [1.807, 2.05) is 0 Å². The van der Waals surface area contributed by atoms with Gasteiger partial charge >= 0.3 is 41.7 Å². The largest absolute Gasteiger partial charge is 3.00 e. The number of aliphatic carboxylic acids is 1. The van der Waals surface area contributed by atoms with Crippen molar-refractivity contribution in [1.82, 2.24) is 0 Å². The Hall–Kier alpha value is 0.807. The van der Waals surface area contributed by atoms with Crippen molar-refractivity contribution in [2.75, 3.05) is 0 Å². The molecule has 0 amide bonds. The number of hydrogen-bond acceptors (Lipinski definition) is 2. The summed E-state index contributed by atoms with van der Waals surface area (Å²) in [4.78, 5) is 8.89. The molecule has 0 bridgehead atoms. The summed E-state index contributed by atoms with van der Waals surface area (Å²) in [5, 5.41) is 8.89. The molecule has 0 fully saturated rings. The number of hydrogen-bond donors (Lipinski definition) is 0. The molecule has 0 unspecified atom stereocenters. The summed E-state index contributed by atoms with van der Waals surface area (Å²) >= 11 is 0. The number of carbonyl (C=O) groups excluding carboxylic acids is 1. The zero-order valence-corrected chi connectivity index (χ0v) is 6.46. The van der Waals surface area contributed by atoms with E-state index in [2.05, 4.69) is 0 Å². The molecule has 0 aliphatic heterocycles. The average Bonchev–Trinajstić information content (AvgIpc) is 0.811. The van der Waals surface area contributed by atoms with Gasteiger partial charge in [-0.3, -0.25) is 0 Å². The van der Waals surface area contributed by atoms with E-state index in [1.54, 1.807) is 0 Å². The summed E-state index contributed by atoms with van der Waals surface area (Å²) in [6.45, 7) is 0.972. The molecule has 0 saturated heterocycles. The van der Waals surface area contributed by atoms with Crippen molar-refractivity contribution in [1.29, 1.82) is 0 Å². The fraction of sp³-hybridized carbons (Fsp3) is 0.500. The van der Waals surface area contributed by atoms with Gasteiger partial charge in [0.05, 0.1) is 0 Å². The molecule has 0 heterocycles. The van der Waals surface area contributed by atoms with E-state index < -0.39 is 5.97 Å². The molecule has 2 N–H and O–H groups in total. The molecule has 0 saturated carbocycles. The minimum absolute atomic E-state index is 0. The van der Waals surface area contributed by atoms with Gasteiger partial charge in [-0.15, -0.1) is 0 Å². The van der Waals surface area contributed by atoms with Gasteiger partial charge < -0.3 is 15.4 Å². The molecule has 3 nitrogen and oxygen atoms in total. The minimum atomic E-state index is -1.08.